The van der Waals surface area contributed by atoms with E-state index in [2.05, 4.69) is 0 Å². The lowest BCUT2D eigenvalue weighted by atomic mass is 9.85. The van der Waals surface area contributed by atoms with E-state index in [-0.39, 0.29) is 12.0 Å². The van der Waals surface area contributed by atoms with Gasteiger partial charge in [-0.2, -0.15) is 4.31 Å². The molecule has 6 nitrogen and oxygen atoms in total. The standard InChI is InChI=1S/C16H21NO5S/c18-16(19)14-8-11-22-15(14)12-6-9-17(10-7-12)23(20,21)13-4-2-1-3-5-13/h1-5,12,14-15H,6-11H2,(H,18,19)/t14-,15+/m1/s1. The molecule has 1 aromatic carbocycles. The van der Waals surface area contributed by atoms with Crippen LogP contribution in [-0.4, -0.2) is 49.6 Å². The number of benzene rings is 1. The predicted molar refractivity (Wildman–Crippen MR) is 83.4 cm³/mol. The maximum atomic E-state index is 12.6. The highest BCUT2D eigenvalue weighted by molar-refractivity contribution is 7.89. The van der Waals surface area contributed by atoms with Gasteiger partial charge in [0.1, 0.15) is 0 Å². The minimum atomic E-state index is -3.46. The molecule has 7 heteroatoms. The van der Waals surface area contributed by atoms with Crippen molar-refractivity contribution in [3.05, 3.63) is 30.3 Å². The first-order chi connectivity index (χ1) is 11.0. The van der Waals surface area contributed by atoms with Gasteiger partial charge in [-0.3, -0.25) is 4.79 Å². The lowest BCUT2D eigenvalue weighted by Crippen LogP contribution is -2.43. The Morgan fingerprint density at radius 2 is 1.78 bits per heavy atom. The van der Waals surface area contributed by atoms with Crippen LogP contribution in [0.2, 0.25) is 0 Å². The average Bonchev–Trinajstić information content (AvgIpc) is 3.06. The highest BCUT2D eigenvalue weighted by Crippen LogP contribution is 2.34. The molecule has 2 aliphatic heterocycles. The summed E-state index contributed by atoms with van der Waals surface area (Å²) in [6.07, 6.45) is 1.54. The molecule has 0 unspecified atom stereocenters. The van der Waals surface area contributed by atoms with Crippen LogP contribution >= 0.6 is 0 Å². The lowest BCUT2D eigenvalue weighted by molar-refractivity contribution is -0.145. The number of aliphatic carboxylic acids is 1. The van der Waals surface area contributed by atoms with Crippen molar-refractivity contribution in [3.8, 4) is 0 Å². The number of carboxylic acid groups (broad SMARTS) is 1. The summed E-state index contributed by atoms with van der Waals surface area (Å²) >= 11 is 0. The molecule has 126 valence electrons. The summed E-state index contributed by atoms with van der Waals surface area (Å²) in [6.45, 7) is 1.30. The first kappa shape index (κ1) is 16.4. The van der Waals surface area contributed by atoms with Gasteiger partial charge in [-0.05, 0) is 37.3 Å². The fraction of sp³-hybridized carbons (Fsp3) is 0.562. The number of hydrogen-bond donors (Lipinski definition) is 1. The summed E-state index contributed by atoms with van der Waals surface area (Å²) in [5.74, 6) is -1.16. The monoisotopic (exact) mass is 339 g/mol. The third-order valence-corrected chi connectivity index (χ3v) is 6.71. The zero-order valence-electron chi connectivity index (χ0n) is 12.8. The molecule has 1 N–H and O–H groups in total. The van der Waals surface area contributed by atoms with Gasteiger partial charge in [-0.25, -0.2) is 8.42 Å². The first-order valence-corrected chi connectivity index (χ1v) is 9.34. The van der Waals surface area contributed by atoms with E-state index in [1.54, 1.807) is 30.3 Å². The van der Waals surface area contributed by atoms with Crippen molar-refractivity contribution in [3.63, 3.8) is 0 Å². The van der Waals surface area contributed by atoms with Crippen LogP contribution in [0.25, 0.3) is 0 Å². The fourth-order valence-electron chi connectivity index (χ4n) is 3.53. The lowest BCUT2D eigenvalue weighted by Gasteiger charge is -2.34. The highest BCUT2D eigenvalue weighted by atomic mass is 32.2. The zero-order chi connectivity index (χ0) is 16.4. The number of hydrogen-bond acceptors (Lipinski definition) is 4. The van der Waals surface area contributed by atoms with Gasteiger partial charge in [-0.15, -0.1) is 0 Å². The van der Waals surface area contributed by atoms with E-state index in [0.29, 0.717) is 43.9 Å². The molecule has 0 bridgehead atoms. The van der Waals surface area contributed by atoms with Crippen LogP contribution in [-0.2, 0) is 19.6 Å². The maximum Gasteiger partial charge on any atom is 0.309 e. The van der Waals surface area contributed by atoms with Crippen LogP contribution in [0, 0.1) is 11.8 Å². The van der Waals surface area contributed by atoms with Crippen LogP contribution in [0.15, 0.2) is 35.2 Å². The third kappa shape index (κ3) is 3.27. The van der Waals surface area contributed by atoms with Crippen LogP contribution in [0.4, 0.5) is 0 Å². The van der Waals surface area contributed by atoms with Gasteiger partial charge in [0.05, 0.1) is 16.9 Å². The van der Waals surface area contributed by atoms with Gasteiger partial charge in [0.2, 0.25) is 10.0 Å². The van der Waals surface area contributed by atoms with E-state index in [9.17, 15) is 18.3 Å². The van der Waals surface area contributed by atoms with E-state index in [1.165, 1.54) is 4.31 Å². The molecular formula is C16H21NO5S. The molecule has 2 fully saturated rings. The van der Waals surface area contributed by atoms with E-state index >= 15 is 0 Å². The summed E-state index contributed by atoms with van der Waals surface area (Å²) in [7, 11) is -3.46. The molecule has 2 saturated heterocycles. The van der Waals surface area contributed by atoms with E-state index < -0.39 is 21.9 Å². The van der Waals surface area contributed by atoms with Gasteiger partial charge in [0.25, 0.3) is 0 Å². The summed E-state index contributed by atoms with van der Waals surface area (Å²) in [5.41, 5.74) is 0. The second-order valence-corrected chi connectivity index (χ2v) is 8.06. The van der Waals surface area contributed by atoms with Crippen LogP contribution in [0.3, 0.4) is 0 Å². The molecule has 23 heavy (non-hydrogen) atoms. The van der Waals surface area contributed by atoms with Gasteiger partial charge >= 0.3 is 5.97 Å². The molecule has 3 rings (SSSR count). The Kier molecular flexibility index (Phi) is 4.70. The van der Waals surface area contributed by atoms with Crippen molar-refractivity contribution in [2.45, 2.75) is 30.3 Å². The number of carbonyl (C=O) groups is 1. The number of rotatable bonds is 4. The summed E-state index contributed by atoms with van der Waals surface area (Å²) in [6, 6.07) is 8.41. The first-order valence-electron chi connectivity index (χ1n) is 7.90. The number of piperidine rings is 1. The molecule has 0 amide bonds. The fourth-order valence-corrected chi connectivity index (χ4v) is 5.02. The molecule has 0 aliphatic carbocycles. The van der Waals surface area contributed by atoms with E-state index in [1.807, 2.05) is 0 Å². The summed E-state index contributed by atoms with van der Waals surface area (Å²) in [4.78, 5) is 11.6. The Bertz CT molecular complexity index is 652. The van der Waals surface area contributed by atoms with Crippen molar-refractivity contribution < 1.29 is 23.1 Å². The van der Waals surface area contributed by atoms with Crippen molar-refractivity contribution >= 4 is 16.0 Å². The van der Waals surface area contributed by atoms with Gasteiger partial charge < -0.3 is 9.84 Å². The van der Waals surface area contributed by atoms with Gasteiger partial charge in [0, 0.05) is 19.7 Å². The van der Waals surface area contributed by atoms with Crippen LogP contribution < -0.4 is 0 Å². The second-order valence-electron chi connectivity index (χ2n) is 6.12. The minimum Gasteiger partial charge on any atom is -0.481 e. The van der Waals surface area contributed by atoms with Crippen molar-refractivity contribution in [1.29, 1.82) is 0 Å². The molecule has 2 aliphatic rings. The second kappa shape index (κ2) is 6.59. The molecular weight excluding hydrogens is 318 g/mol. The van der Waals surface area contributed by atoms with Gasteiger partial charge in [-0.1, -0.05) is 18.2 Å². The Balaban J connectivity index is 1.66. The van der Waals surface area contributed by atoms with Crippen molar-refractivity contribution in [1.82, 2.24) is 4.31 Å². The third-order valence-electron chi connectivity index (χ3n) is 4.80. The van der Waals surface area contributed by atoms with E-state index in [0.717, 1.165) is 0 Å². The summed E-state index contributed by atoms with van der Waals surface area (Å²) in [5, 5.41) is 9.26. The normalized spacial score (nSPS) is 27.1. The van der Waals surface area contributed by atoms with Crippen LogP contribution in [0.1, 0.15) is 19.3 Å². The molecule has 2 atom stereocenters. The molecule has 0 saturated carbocycles. The Hall–Kier alpha value is -1.44. The smallest absolute Gasteiger partial charge is 0.309 e. The van der Waals surface area contributed by atoms with Crippen molar-refractivity contribution in [2.75, 3.05) is 19.7 Å². The minimum absolute atomic E-state index is 0.112. The highest BCUT2D eigenvalue weighted by Gasteiger charge is 2.41. The maximum absolute atomic E-state index is 12.6. The van der Waals surface area contributed by atoms with Crippen molar-refractivity contribution in [2.24, 2.45) is 11.8 Å². The number of nitrogens with zero attached hydrogens (tertiary/aromatic N) is 1. The topological polar surface area (TPSA) is 83.9 Å². The number of ether oxygens (including phenoxy) is 1. The Morgan fingerprint density at radius 3 is 2.39 bits per heavy atom. The number of sulfonamides is 1. The molecule has 0 radical (unpaired) electrons. The Morgan fingerprint density at radius 1 is 1.13 bits per heavy atom. The zero-order valence-corrected chi connectivity index (χ0v) is 13.6. The van der Waals surface area contributed by atoms with Gasteiger partial charge in [0.15, 0.2) is 0 Å². The van der Waals surface area contributed by atoms with E-state index in [4.69, 9.17) is 4.74 Å². The molecule has 0 spiro atoms. The summed E-state index contributed by atoms with van der Waals surface area (Å²) < 4.78 is 32.3. The largest absolute Gasteiger partial charge is 0.481 e. The molecule has 0 aromatic heterocycles. The quantitative estimate of drug-likeness (QED) is 0.900. The SMILES string of the molecule is O=C(O)[C@@H]1CCO[C@H]1C1CCN(S(=O)(=O)c2ccccc2)CC1. The average molecular weight is 339 g/mol. The molecule has 1 aromatic rings. The Labute approximate surface area is 136 Å². The van der Waals surface area contributed by atoms with Crippen LogP contribution in [0.5, 0.6) is 0 Å². The predicted octanol–water partition coefficient (Wildman–Crippen LogP) is 1.58. The number of carboxylic acids is 1. The molecule has 2 heterocycles.